The van der Waals surface area contributed by atoms with Crippen LogP contribution in [0.15, 0.2) is 16.7 Å². The molecule has 5 nitrogen and oxygen atoms in total. The normalized spacial score (nSPS) is 9.14. The molecule has 1 aromatic heterocycles. The number of halogens is 1. The monoisotopic (exact) mass is 255 g/mol. The van der Waals surface area contributed by atoms with E-state index in [-0.39, 0.29) is 18.1 Å². The molecule has 1 rings (SSSR count). The van der Waals surface area contributed by atoms with Crippen LogP contribution in [0.1, 0.15) is 0 Å². The van der Waals surface area contributed by atoms with Crippen molar-refractivity contribution in [1.82, 2.24) is 4.98 Å². The van der Waals surface area contributed by atoms with Crippen LogP contribution in [0.5, 0.6) is 0 Å². The van der Waals surface area contributed by atoms with Crippen LogP contribution >= 0.6 is 15.9 Å². The standard InChI is InChI=1S/C8H6BrN3O2/c1-2-3-10-8-7(12(13)14)4-6(9)5-11-8/h1,4-5H,3H2,(H,10,11). The van der Waals surface area contributed by atoms with Crippen LogP contribution in [0.25, 0.3) is 0 Å². The summed E-state index contributed by atoms with van der Waals surface area (Å²) in [5, 5.41) is 13.3. The van der Waals surface area contributed by atoms with Gasteiger partial charge in [0.1, 0.15) is 0 Å². The topological polar surface area (TPSA) is 68.1 Å². The van der Waals surface area contributed by atoms with Gasteiger partial charge in [-0.1, -0.05) is 5.92 Å². The number of terminal acetylenes is 1. The molecule has 72 valence electrons. The number of aromatic nitrogens is 1. The van der Waals surface area contributed by atoms with Gasteiger partial charge in [-0.05, 0) is 15.9 Å². The van der Waals surface area contributed by atoms with Gasteiger partial charge in [-0.2, -0.15) is 0 Å². The number of rotatable bonds is 3. The molecule has 0 aliphatic rings. The van der Waals surface area contributed by atoms with E-state index < -0.39 is 4.92 Å². The maximum Gasteiger partial charge on any atom is 0.312 e. The fourth-order valence-electron chi connectivity index (χ4n) is 0.839. The highest BCUT2D eigenvalue weighted by Gasteiger charge is 2.14. The summed E-state index contributed by atoms with van der Waals surface area (Å²) in [5.41, 5.74) is -0.102. The predicted octanol–water partition coefficient (Wildman–Crippen LogP) is 1.80. The Morgan fingerprint density at radius 3 is 3.07 bits per heavy atom. The van der Waals surface area contributed by atoms with E-state index in [2.05, 4.69) is 32.2 Å². The molecule has 1 N–H and O–H groups in total. The Bertz CT molecular complexity index is 400. The van der Waals surface area contributed by atoms with Crippen LogP contribution in [0.4, 0.5) is 11.5 Å². The van der Waals surface area contributed by atoms with Crippen LogP contribution in [0, 0.1) is 22.5 Å². The largest absolute Gasteiger partial charge is 0.353 e. The second-order valence-corrected chi connectivity index (χ2v) is 3.25. The molecule has 0 atom stereocenters. The van der Waals surface area contributed by atoms with Gasteiger partial charge in [-0.25, -0.2) is 4.98 Å². The first kappa shape index (κ1) is 10.5. The zero-order valence-electron chi connectivity index (χ0n) is 7.03. The Balaban J connectivity index is 3.03. The predicted molar refractivity (Wildman–Crippen MR) is 55.9 cm³/mol. The fourth-order valence-corrected chi connectivity index (χ4v) is 1.16. The summed E-state index contributed by atoms with van der Waals surface area (Å²) in [6, 6.07) is 1.37. The molecule has 0 fully saturated rings. The van der Waals surface area contributed by atoms with Gasteiger partial charge in [-0.15, -0.1) is 6.42 Å². The molecule has 0 amide bonds. The smallest absolute Gasteiger partial charge is 0.312 e. The third-order valence-corrected chi connectivity index (χ3v) is 1.82. The Labute approximate surface area is 88.8 Å². The van der Waals surface area contributed by atoms with Crippen LogP contribution in [0.3, 0.4) is 0 Å². The Kier molecular flexibility index (Phi) is 3.42. The van der Waals surface area contributed by atoms with Gasteiger partial charge in [0.15, 0.2) is 0 Å². The second-order valence-electron chi connectivity index (χ2n) is 2.34. The van der Waals surface area contributed by atoms with E-state index in [4.69, 9.17) is 6.42 Å². The van der Waals surface area contributed by atoms with E-state index in [1.54, 1.807) is 0 Å². The molecule has 0 spiro atoms. The van der Waals surface area contributed by atoms with Gasteiger partial charge in [0.2, 0.25) is 5.82 Å². The summed E-state index contributed by atoms with van der Waals surface area (Å²) in [7, 11) is 0. The van der Waals surface area contributed by atoms with Crippen molar-refractivity contribution in [2.75, 3.05) is 11.9 Å². The van der Waals surface area contributed by atoms with Crippen molar-refractivity contribution in [1.29, 1.82) is 0 Å². The third kappa shape index (κ3) is 2.44. The Morgan fingerprint density at radius 2 is 2.50 bits per heavy atom. The maximum atomic E-state index is 10.6. The first-order valence-electron chi connectivity index (χ1n) is 3.62. The lowest BCUT2D eigenvalue weighted by molar-refractivity contribution is -0.384. The fraction of sp³-hybridized carbons (Fsp3) is 0.125. The first-order chi connectivity index (χ1) is 6.65. The van der Waals surface area contributed by atoms with Crippen molar-refractivity contribution in [2.45, 2.75) is 0 Å². The summed E-state index contributed by atoms with van der Waals surface area (Å²) in [5.74, 6) is 2.49. The number of pyridine rings is 1. The SMILES string of the molecule is C#CCNc1ncc(Br)cc1[N+](=O)[O-]. The second kappa shape index (κ2) is 4.58. The minimum atomic E-state index is -0.517. The van der Waals surface area contributed by atoms with Crippen LogP contribution in [-0.4, -0.2) is 16.5 Å². The van der Waals surface area contributed by atoms with Crippen molar-refractivity contribution in [3.8, 4) is 12.3 Å². The average molecular weight is 256 g/mol. The van der Waals surface area contributed by atoms with E-state index in [1.165, 1.54) is 12.3 Å². The van der Waals surface area contributed by atoms with Crippen molar-refractivity contribution in [3.63, 3.8) is 0 Å². The summed E-state index contributed by atoms with van der Waals surface area (Å²) < 4.78 is 0.551. The zero-order valence-corrected chi connectivity index (χ0v) is 8.61. The van der Waals surface area contributed by atoms with Crippen molar-refractivity contribution >= 4 is 27.4 Å². The molecule has 0 unspecified atom stereocenters. The van der Waals surface area contributed by atoms with E-state index in [9.17, 15) is 10.1 Å². The quantitative estimate of drug-likeness (QED) is 0.508. The molecule has 0 aliphatic carbocycles. The molecule has 0 radical (unpaired) electrons. The van der Waals surface area contributed by atoms with Gasteiger partial charge in [-0.3, -0.25) is 10.1 Å². The maximum absolute atomic E-state index is 10.6. The van der Waals surface area contributed by atoms with Crippen LogP contribution in [-0.2, 0) is 0 Å². The lowest BCUT2D eigenvalue weighted by atomic mass is 10.4. The van der Waals surface area contributed by atoms with Gasteiger partial charge < -0.3 is 5.32 Å². The molecule has 0 aromatic carbocycles. The van der Waals surface area contributed by atoms with Crippen LogP contribution in [0.2, 0.25) is 0 Å². The summed E-state index contributed by atoms with van der Waals surface area (Å²) in [6.45, 7) is 0.204. The molecule has 0 aliphatic heterocycles. The highest BCUT2D eigenvalue weighted by Crippen LogP contribution is 2.24. The number of hydrogen-bond acceptors (Lipinski definition) is 4. The molecule has 6 heteroatoms. The van der Waals surface area contributed by atoms with Gasteiger partial charge in [0.05, 0.1) is 11.5 Å². The molecule has 1 heterocycles. The summed E-state index contributed by atoms with van der Waals surface area (Å²) in [4.78, 5) is 13.9. The number of anilines is 1. The molecule has 0 bridgehead atoms. The number of nitro groups is 1. The minimum absolute atomic E-state index is 0.102. The minimum Gasteiger partial charge on any atom is -0.353 e. The number of nitrogens with one attached hydrogen (secondary N) is 1. The van der Waals surface area contributed by atoms with Gasteiger partial charge >= 0.3 is 5.69 Å². The van der Waals surface area contributed by atoms with E-state index in [0.29, 0.717) is 4.47 Å². The molecular weight excluding hydrogens is 250 g/mol. The van der Waals surface area contributed by atoms with E-state index in [1.807, 2.05) is 0 Å². The lowest BCUT2D eigenvalue weighted by Gasteiger charge is -2.02. The zero-order chi connectivity index (χ0) is 10.6. The van der Waals surface area contributed by atoms with E-state index >= 15 is 0 Å². The highest BCUT2D eigenvalue weighted by molar-refractivity contribution is 9.10. The summed E-state index contributed by atoms with van der Waals surface area (Å²) >= 11 is 3.10. The molecular formula is C8H6BrN3O2. The Morgan fingerprint density at radius 1 is 1.79 bits per heavy atom. The third-order valence-electron chi connectivity index (χ3n) is 1.39. The molecule has 0 saturated heterocycles. The van der Waals surface area contributed by atoms with E-state index in [0.717, 1.165) is 0 Å². The first-order valence-corrected chi connectivity index (χ1v) is 4.41. The average Bonchev–Trinajstić information content (AvgIpc) is 2.15. The number of nitrogens with zero attached hydrogens (tertiary/aromatic N) is 2. The summed E-state index contributed by atoms with van der Waals surface area (Å²) in [6.07, 6.45) is 6.48. The molecule has 0 saturated carbocycles. The Hall–Kier alpha value is -1.61. The highest BCUT2D eigenvalue weighted by atomic mass is 79.9. The van der Waals surface area contributed by atoms with Gasteiger partial charge in [0, 0.05) is 16.7 Å². The van der Waals surface area contributed by atoms with Gasteiger partial charge in [0.25, 0.3) is 0 Å². The van der Waals surface area contributed by atoms with Crippen molar-refractivity contribution in [2.24, 2.45) is 0 Å². The molecule has 1 aromatic rings. The van der Waals surface area contributed by atoms with Crippen molar-refractivity contribution < 1.29 is 4.92 Å². The lowest BCUT2D eigenvalue weighted by Crippen LogP contribution is -2.04. The number of hydrogen-bond donors (Lipinski definition) is 1. The molecule has 14 heavy (non-hydrogen) atoms. The van der Waals surface area contributed by atoms with Crippen LogP contribution < -0.4 is 5.32 Å². The van der Waals surface area contributed by atoms with Crippen molar-refractivity contribution in [3.05, 3.63) is 26.9 Å².